The molecular formula is C33H42N4O3S. The molecule has 2 aliphatic rings. The Morgan fingerprint density at radius 1 is 1.12 bits per heavy atom. The fourth-order valence-electron chi connectivity index (χ4n) is 5.53. The number of carbonyl (C=O) groups is 1. The summed E-state index contributed by atoms with van der Waals surface area (Å²) < 4.78 is 15.2. The van der Waals surface area contributed by atoms with Crippen LogP contribution in [0.5, 0.6) is 5.75 Å². The molecule has 3 aromatic rings. The summed E-state index contributed by atoms with van der Waals surface area (Å²) in [4.78, 5) is 21.8. The normalized spacial score (nSPS) is 16.2. The number of amides is 1. The average molecular weight is 575 g/mol. The summed E-state index contributed by atoms with van der Waals surface area (Å²) in [6, 6.07) is 14.6. The van der Waals surface area contributed by atoms with E-state index in [2.05, 4.69) is 61.0 Å². The number of rotatable bonds is 12. The molecule has 1 amide bonds. The number of nitrogens with zero attached hydrogens (tertiary/aromatic N) is 3. The number of aromatic nitrogens is 1. The molecule has 1 aliphatic carbocycles. The molecule has 2 aromatic carbocycles. The molecule has 0 radical (unpaired) electrons. The van der Waals surface area contributed by atoms with Gasteiger partial charge in [-0.3, -0.25) is 19.4 Å². The van der Waals surface area contributed by atoms with Crippen LogP contribution in [0.1, 0.15) is 82.5 Å². The van der Waals surface area contributed by atoms with E-state index < -0.39 is 5.54 Å². The molecule has 1 spiro atoms. The zero-order valence-electron chi connectivity index (χ0n) is 25.0. The molecule has 5 rings (SSSR count). The van der Waals surface area contributed by atoms with Gasteiger partial charge in [0.05, 0.1) is 18.8 Å². The number of aliphatic imine (C=N–C) groups is 1. The van der Waals surface area contributed by atoms with E-state index in [4.69, 9.17) is 14.3 Å². The molecule has 218 valence electrons. The molecule has 0 saturated heterocycles. The maximum Gasteiger partial charge on any atom is 0.256 e. The van der Waals surface area contributed by atoms with Gasteiger partial charge in [-0.15, -0.1) is 0 Å². The van der Waals surface area contributed by atoms with Crippen LogP contribution in [0.3, 0.4) is 0 Å². The van der Waals surface area contributed by atoms with Crippen molar-refractivity contribution in [1.82, 2.24) is 10.1 Å². The molecule has 41 heavy (non-hydrogen) atoms. The predicted molar refractivity (Wildman–Crippen MR) is 166 cm³/mol. The van der Waals surface area contributed by atoms with Gasteiger partial charge in [-0.05, 0) is 68.7 Å². The van der Waals surface area contributed by atoms with Crippen LogP contribution in [-0.4, -0.2) is 33.9 Å². The molecule has 1 aliphatic heterocycles. The molecule has 0 bridgehead atoms. The zero-order chi connectivity index (χ0) is 29.0. The van der Waals surface area contributed by atoms with Crippen LogP contribution in [0.2, 0.25) is 0 Å². The summed E-state index contributed by atoms with van der Waals surface area (Å²) in [6.07, 6.45) is 6.86. The molecule has 1 N–H and O–H groups in total. The fraction of sp³-hybridized carbons (Fsp3) is 0.485. The van der Waals surface area contributed by atoms with Crippen molar-refractivity contribution >= 4 is 29.6 Å². The van der Waals surface area contributed by atoms with E-state index >= 15 is 0 Å². The number of amidine groups is 1. The molecule has 8 heteroatoms. The van der Waals surface area contributed by atoms with Crippen LogP contribution in [0.15, 0.2) is 56.9 Å². The van der Waals surface area contributed by atoms with Crippen LogP contribution in [-0.2, 0) is 11.3 Å². The third kappa shape index (κ3) is 6.32. The lowest BCUT2D eigenvalue weighted by Crippen LogP contribution is -2.40. The van der Waals surface area contributed by atoms with Gasteiger partial charge >= 0.3 is 0 Å². The number of nitrogens with one attached hydrogen (secondary N) is 1. The predicted octanol–water partition coefficient (Wildman–Crippen LogP) is 8.36. The second-order valence-corrected chi connectivity index (χ2v) is 12.6. The van der Waals surface area contributed by atoms with Crippen LogP contribution < -0.4 is 9.46 Å². The standard InChI is InChI=1S/C33H42N4O3S/c1-6-7-14-30-34-33(17-10-11-18-33)32(38)37(30)20-25-15-16-26(28(19-25)39-21-22(2)3)27-12-8-9-13-29(27)41-36-31-23(4)24(5)35-40-31/h8-9,12-13,15-16,19,22,36H,6-7,10-11,14,17-18,20-21H2,1-5H3. The maximum atomic E-state index is 13.7. The second kappa shape index (κ2) is 12.7. The van der Waals surface area contributed by atoms with Crippen molar-refractivity contribution in [3.05, 3.63) is 59.3 Å². The summed E-state index contributed by atoms with van der Waals surface area (Å²) >= 11 is 1.50. The summed E-state index contributed by atoms with van der Waals surface area (Å²) in [5.74, 6) is 3.00. The van der Waals surface area contributed by atoms with Gasteiger partial charge in [-0.25, -0.2) is 0 Å². The summed E-state index contributed by atoms with van der Waals surface area (Å²) in [5.41, 5.74) is 4.48. The fourth-order valence-corrected chi connectivity index (χ4v) is 6.36. The number of carbonyl (C=O) groups excluding carboxylic acids is 1. The van der Waals surface area contributed by atoms with Gasteiger partial charge in [-0.1, -0.05) is 75.5 Å². The first-order valence-electron chi connectivity index (χ1n) is 14.9. The topological polar surface area (TPSA) is 80.0 Å². The molecule has 2 heterocycles. The van der Waals surface area contributed by atoms with Gasteiger partial charge in [-0.2, -0.15) is 0 Å². The van der Waals surface area contributed by atoms with Gasteiger partial charge in [0.25, 0.3) is 5.91 Å². The Kier molecular flexibility index (Phi) is 9.07. The van der Waals surface area contributed by atoms with Crippen molar-refractivity contribution in [1.29, 1.82) is 0 Å². The highest BCUT2D eigenvalue weighted by atomic mass is 32.2. The second-order valence-electron chi connectivity index (χ2n) is 11.7. The largest absolute Gasteiger partial charge is 0.493 e. The molecule has 1 saturated carbocycles. The SMILES string of the molecule is CCCCC1=NC2(CCCC2)C(=O)N1Cc1ccc(-c2ccccc2SNc2onc(C)c2C)c(OCC(C)C)c1. The Morgan fingerprint density at radius 2 is 1.90 bits per heavy atom. The molecule has 0 unspecified atom stereocenters. The number of hydrogen-bond acceptors (Lipinski definition) is 7. The van der Waals surface area contributed by atoms with E-state index in [0.29, 0.717) is 25.0 Å². The lowest BCUT2D eigenvalue weighted by molar-refractivity contribution is -0.131. The summed E-state index contributed by atoms with van der Waals surface area (Å²) in [6.45, 7) is 11.5. The number of aryl methyl sites for hydroxylation is 1. The van der Waals surface area contributed by atoms with Gasteiger partial charge in [0.15, 0.2) is 0 Å². The maximum absolute atomic E-state index is 13.7. The van der Waals surface area contributed by atoms with Gasteiger partial charge in [0.2, 0.25) is 5.88 Å². The third-order valence-corrected chi connectivity index (χ3v) is 8.89. The van der Waals surface area contributed by atoms with Crippen molar-refractivity contribution in [2.24, 2.45) is 10.9 Å². The lowest BCUT2D eigenvalue weighted by atomic mass is 9.98. The van der Waals surface area contributed by atoms with Crippen LogP contribution >= 0.6 is 11.9 Å². The highest BCUT2D eigenvalue weighted by Crippen LogP contribution is 2.42. The first kappa shape index (κ1) is 29.2. The highest BCUT2D eigenvalue weighted by Gasteiger charge is 2.49. The molecule has 1 fully saturated rings. The number of benzene rings is 2. The first-order valence-corrected chi connectivity index (χ1v) is 15.7. The highest BCUT2D eigenvalue weighted by molar-refractivity contribution is 8.00. The quantitative estimate of drug-likeness (QED) is 0.219. The Hall–Kier alpha value is -3.26. The smallest absolute Gasteiger partial charge is 0.256 e. The number of ether oxygens (including phenoxy) is 1. The number of hydrogen-bond donors (Lipinski definition) is 1. The monoisotopic (exact) mass is 574 g/mol. The molecular weight excluding hydrogens is 532 g/mol. The van der Waals surface area contributed by atoms with Gasteiger partial charge in [0, 0.05) is 28.0 Å². The summed E-state index contributed by atoms with van der Waals surface area (Å²) in [7, 11) is 0. The van der Waals surface area contributed by atoms with E-state index in [1.54, 1.807) is 0 Å². The number of anilines is 1. The van der Waals surface area contributed by atoms with Crippen LogP contribution in [0, 0.1) is 19.8 Å². The minimum absolute atomic E-state index is 0.181. The Bertz CT molecular complexity index is 1410. The van der Waals surface area contributed by atoms with Crippen molar-refractivity contribution < 1.29 is 14.1 Å². The van der Waals surface area contributed by atoms with Crippen molar-refractivity contribution in [3.8, 4) is 16.9 Å². The Morgan fingerprint density at radius 3 is 2.61 bits per heavy atom. The van der Waals surface area contributed by atoms with Crippen LogP contribution in [0.4, 0.5) is 5.88 Å². The van der Waals surface area contributed by atoms with E-state index in [9.17, 15) is 4.79 Å². The first-order chi connectivity index (χ1) is 19.8. The molecule has 0 atom stereocenters. The van der Waals surface area contributed by atoms with E-state index in [-0.39, 0.29) is 5.91 Å². The minimum Gasteiger partial charge on any atom is -0.493 e. The molecule has 7 nitrogen and oxygen atoms in total. The van der Waals surface area contributed by atoms with E-state index in [0.717, 1.165) is 89.4 Å². The van der Waals surface area contributed by atoms with Crippen molar-refractivity contribution in [2.75, 3.05) is 11.3 Å². The minimum atomic E-state index is -0.524. The van der Waals surface area contributed by atoms with Crippen molar-refractivity contribution in [2.45, 2.75) is 96.5 Å². The Labute approximate surface area is 248 Å². The van der Waals surface area contributed by atoms with Crippen molar-refractivity contribution in [3.63, 3.8) is 0 Å². The van der Waals surface area contributed by atoms with Crippen LogP contribution in [0.25, 0.3) is 11.1 Å². The number of unbranched alkanes of at least 4 members (excludes halogenated alkanes) is 1. The lowest BCUT2D eigenvalue weighted by Gasteiger charge is -2.23. The van der Waals surface area contributed by atoms with E-state index in [1.165, 1.54) is 11.9 Å². The van der Waals surface area contributed by atoms with Gasteiger partial charge < -0.3 is 9.26 Å². The Balaban J connectivity index is 1.43. The summed E-state index contributed by atoms with van der Waals surface area (Å²) in [5, 5.41) is 4.06. The van der Waals surface area contributed by atoms with Gasteiger partial charge in [0.1, 0.15) is 17.1 Å². The molecule has 1 aromatic heterocycles. The third-order valence-electron chi connectivity index (χ3n) is 8.03. The van der Waals surface area contributed by atoms with E-state index in [1.807, 2.05) is 30.9 Å². The zero-order valence-corrected chi connectivity index (χ0v) is 25.8. The average Bonchev–Trinajstić information content (AvgIpc) is 3.65.